The van der Waals surface area contributed by atoms with Crippen LogP contribution in [0.15, 0.2) is 73.2 Å². The Kier molecular flexibility index (Phi) is 8.47. The number of carbonyl (C=O) groups excluding carboxylic acids is 1. The van der Waals surface area contributed by atoms with Crippen molar-refractivity contribution < 1.29 is 27.4 Å². The molecule has 52 heavy (non-hydrogen) atoms. The molecule has 0 saturated heterocycles. The SMILES string of the molecule is COc1ccc(CNc2nccn3c([C@@H]4CCCn5c(C6CC6)nnc54)nc(-c4ccc(C(=O)Nc5cc(C(F)(F)F)ccn5)cc4)c23)c(OC)c1. The number of nitrogens with one attached hydrogen (secondary N) is 2. The van der Waals surface area contributed by atoms with Gasteiger partial charge in [0, 0.05) is 60.4 Å². The predicted molar refractivity (Wildman–Crippen MR) is 186 cm³/mol. The third-order valence-electron chi connectivity index (χ3n) is 9.52. The summed E-state index contributed by atoms with van der Waals surface area (Å²) in [4.78, 5) is 26.9. The molecule has 266 valence electrons. The highest BCUT2D eigenvalue weighted by Gasteiger charge is 2.36. The maximum absolute atomic E-state index is 13.2. The first-order valence-corrected chi connectivity index (χ1v) is 16.9. The first-order valence-electron chi connectivity index (χ1n) is 16.9. The van der Waals surface area contributed by atoms with Gasteiger partial charge in [0.25, 0.3) is 5.91 Å². The van der Waals surface area contributed by atoms with E-state index in [4.69, 9.17) is 19.4 Å². The number of fused-ring (bicyclic) bond motifs is 2. The zero-order valence-corrected chi connectivity index (χ0v) is 28.3. The summed E-state index contributed by atoms with van der Waals surface area (Å²) in [6.45, 7) is 1.27. The summed E-state index contributed by atoms with van der Waals surface area (Å²) in [5, 5.41) is 15.2. The topological polar surface area (TPSA) is 133 Å². The average molecular weight is 710 g/mol. The van der Waals surface area contributed by atoms with E-state index < -0.39 is 17.6 Å². The van der Waals surface area contributed by atoms with Gasteiger partial charge in [0.05, 0.1) is 25.7 Å². The fourth-order valence-corrected chi connectivity index (χ4v) is 6.74. The molecule has 2 aliphatic rings. The van der Waals surface area contributed by atoms with Crippen molar-refractivity contribution in [3.05, 3.63) is 107 Å². The number of ether oxygens (including phenoxy) is 2. The van der Waals surface area contributed by atoms with Crippen LogP contribution in [0.1, 0.15) is 76.5 Å². The first-order chi connectivity index (χ1) is 25.2. The standard InChI is InChI=1S/C37H34F3N9O3/c1-51-26-12-11-24(28(19-26)52-2)20-43-32-31-30(21-5-9-23(10-6-21)36(50)44-29-18-25(13-14-41-29)37(38,39)40)45-34(48(31)17-15-42-32)27-4-3-16-49-33(22-7-8-22)46-47-35(27)49/h5-6,9-15,17-19,22,27H,3-4,7-8,16,20H2,1-2H3,(H,42,43)(H,41,44,50)/t27-/m0/s1. The normalized spacial score (nSPS) is 15.7. The van der Waals surface area contributed by atoms with Crippen LogP contribution in [-0.2, 0) is 19.3 Å². The number of hydrogen-bond acceptors (Lipinski definition) is 9. The largest absolute Gasteiger partial charge is 0.497 e. The number of pyridine rings is 1. The van der Waals surface area contributed by atoms with Crippen LogP contribution >= 0.6 is 0 Å². The van der Waals surface area contributed by atoms with Crippen LogP contribution in [0, 0.1) is 0 Å². The van der Waals surface area contributed by atoms with Crippen molar-refractivity contribution in [1.82, 2.24) is 34.1 Å². The van der Waals surface area contributed by atoms with Crippen molar-refractivity contribution >= 4 is 23.1 Å². The monoisotopic (exact) mass is 709 g/mol. The Bertz CT molecular complexity index is 2280. The number of methoxy groups -OCH3 is 2. The number of alkyl halides is 3. The number of imidazole rings is 1. The van der Waals surface area contributed by atoms with Gasteiger partial charge in [-0.3, -0.25) is 9.20 Å². The highest BCUT2D eigenvalue weighted by atomic mass is 19.4. The molecule has 0 unspecified atom stereocenters. The molecule has 2 aromatic carbocycles. The Morgan fingerprint density at radius 1 is 0.923 bits per heavy atom. The van der Waals surface area contributed by atoms with E-state index in [9.17, 15) is 18.0 Å². The number of amides is 1. The Balaban J connectivity index is 1.16. The zero-order valence-electron chi connectivity index (χ0n) is 28.3. The van der Waals surface area contributed by atoms with E-state index in [0.29, 0.717) is 41.0 Å². The molecule has 5 heterocycles. The van der Waals surface area contributed by atoms with Gasteiger partial charge >= 0.3 is 6.18 Å². The Hall–Kier alpha value is -5.99. The van der Waals surface area contributed by atoms with Gasteiger partial charge < -0.3 is 24.7 Å². The van der Waals surface area contributed by atoms with E-state index in [1.807, 2.05) is 28.8 Å². The number of aromatic nitrogens is 7. The van der Waals surface area contributed by atoms with Crippen LogP contribution in [0.5, 0.6) is 11.5 Å². The molecule has 2 N–H and O–H groups in total. The molecule has 1 saturated carbocycles. The molecule has 0 spiro atoms. The number of benzene rings is 2. The lowest BCUT2D eigenvalue weighted by Crippen LogP contribution is -2.20. The maximum atomic E-state index is 13.2. The highest BCUT2D eigenvalue weighted by Crippen LogP contribution is 2.43. The minimum atomic E-state index is -4.56. The molecular formula is C37H34F3N9O3. The lowest BCUT2D eigenvalue weighted by molar-refractivity contribution is -0.137. The lowest BCUT2D eigenvalue weighted by atomic mass is 9.97. The molecule has 6 aromatic rings. The fourth-order valence-electron chi connectivity index (χ4n) is 6.74. The lowest BCUT2D eigenvalue weighted by Gasteiger charge is -2.23. The minimum absolute atomic E-state index is 0.114. The van der Waals surface area contributed by atoms with E-state index in [1.54, 1.807) is 44.7 Å². The van der Waals surface area contributed by atoms with E-state index in [1.165, 1.54) is 0 Å². The molecular weight excluding hydrogens is 675 g/mol. The van der Waals surface area contributed by atoms with Crippen LogP contribution in [0.2, 0.25) is 0 Å². The second-order valence-corrected chi connectivity index (χ2v) is 12.8. The van der Waals surface area contributed by atoms with E-state index >= 15 is 0 Å². The van der Waals surface area contributed by atoms with Crippen LogP contribution in [0.4, 0.5) is 24.8 Å². The number of nitrogens with zero attached hydrogens (tertiary/aromatic N) is 7. The third-order valence-corrected chi connectivity index (χ3v) is 9.52. The number of halogens is 3. The van der Waals surface area contributed by atoms with Gasteiger partial charge in [0.2, 0.25) is 0 Å². The number of anilines is 2. The molecule has 0 radical (unpaired) electrons. The Morgan fingerprint density at radius 2 is 1.73 bits per heavy atom. The van der Waals surface area contributed by atoms with Gasteiger partial charge in [0.1, 0.15) is 46.0 Å². The van der Waals surface area contributed by atoms with Crippen molar-refractivity contribution in [3.8, 4) is 22.8 Å². The predicted octanol–water partition coefficient (Wildman–Crippen LogP) is 7.09. The van der Waals surface area contributed by atoms with Crippen molar-refractivity contribution in [1.29, 1.82) is 0 Å². The third kappa shape index (κ3) is 6.26. The Morgan fingerprint density at radius 3 is 2.48 bits per heavy atom. The molecule has 12 nitrogen and oxygen atoms in total. The summed E-state index contributed by atoms with van der Waals surface area (Å²) >= 11 is 0. The van der Waals surface area contributed by atoms with Gasteiger partial charge in [-0.1, -0.05) is 12.1 Å². The molecule has 8 rings (SSSR count). The van der Waals surface area contributed by atoms with Crippen molar-refractivity contribution in [2.24, 2.45) is 0 Å². The molecule has 1 atom stereocenters. The molecule has 15 heteroatoms. The second kappa shape index (κ2) is 13.3. The smallest absolute Gasteiger partial charge is 0.416 e. The number of carbonyl (C=O) groups is 1. The summed E-state index contributed by atoms with van der Waals surface area (Å²) < 4.78 is 55.0. The quantitative estimate of drug-likeness (QED) is 0.153. The molecule has 4 aromatic heterocycles. The summed E-state index contributed by atoms with van der Waals surface area (Å²) in [5.41, 5.74) is 2.31. The molecule has 0 bridgehead atoms. The molecule has 1 fully saturated rings. The van der Waals surface area contributed by atoms with Crippen LogP contribution in [0.25, 0.3) is 16.8 Å². The van der Waals surface area contributed by atoms with E-state index in [0.717, 1.165) is 79.1 Å². The summed E-state index contributed by atoms with van der Waals surface area (Å²) in [6.07, 6.45) is 4.12. The van der Waals surface area contributed by atoms with Gasteiger partial charge in [-0.2, -0.15) is 13.2 Å². The van der Waals surface area contributed by atoms with Crippen molar-refractivity contribution in [2.45, 2.75) is 56.8 Å². The second-order valence-electron chi connectivity index (χ2n) is 12.8. The van der Waals surface area contributed by atoms with Crippen LogP contribution in [-0.4, -0.2) is 54.2 Å². The van der Waals surface area contributed by atoms with Gasteiger partial charge in [-0.25, -0.2) is 15.0 Å². The zero-order chi connectivity index (χ0) is 36.0. The Labute approximate surface area is 296 Å². The summed E-state index contributed by atoms with van der Waals surface area (Å²) in [6, 6.07) is 14.0. The molecule has 1 aliphatic carbocycles. The van der Waals surface area contributed by atoms with Crippen LogP contribution < -0.4 is 20.1 Å². The highest BCUT2D eigenvalue weighted by molar-refractivity contribution is 6.04. The summed E-state index contributed by atoms with van der Waals surface area (Å²) in [7, 11) is 3.21. The maximum Gasteiger partial charge on any atom is 0.416 e. The van der Waals surface area contributed by atoms with Gasteiger partial charge in [0.15, 0.2) is 5.82 Å². The van der Waals surface area contributed by atoms with Crippen molar-refractivity contribution in [3.63, 3.8) is 0 Å². The van der Waals surface area contributed by atoms with Gasteiger partial charge in [-0.05, 0) is 62.1 Å². The molecule has 1 aliphatic heterocycles. The average Bonchev–Trinajstić information content (AvgIpc) is 3.79. The fraction of sp³-hybridized carbons (Fsp3) is 0.297. The van der Waals surface area contributed by atoms with E-state index in [-0.39, 0.29) is 17.3 Å². The van der Waals surface area contributed by atoms with Crippen LogP contribution in [0.3, 0.4) is 0 Å². The first kappa shape index (κ1) is 33.2. The number of hydrogen-bond donors (Lipinski definition) is 2. The minimum Gasteiger partial charge on any atom is -0.497 e. The summed E-state index contributed by atoms with van der Waals surface area (Å²) in [5.74, 6) is 4.22. The van der Waals surface area contributed by atoms with Crippen molar-refractivity contribution in [2.75, 3.05) is 24.9 Å². The molecule has 1 amide bonds. The van der Waals surface area contributed by atoms with E-state index in [2.05, 4.69) is 30.4 Å². The van der Waals surface area contributed by atoms with Gasteiger partial charge in [-0.15, -0.1) is 10.2 Å². The number of rotatable bonds is 10.